The molecule has 0 atom stereocenters. The second-order valence-electron chi connectivity index (χ2n) is 5.38. The summed E-state index contributed by atoms with van der Waals surface area (Å²) in [4.78, 5) is 3.95. The van der Waals surface area contributed by atoms with Crippen LogP contribution in [0.25, 0.3) is 5.52 Å². The molecule has 5 nitrogen and oxygen atoms in total. The second-order valence-corrected chi connectivity index (χ2v) is 8.20. The van der Waals surface area contributed by atoms with Crippen molar-refractivity contribution in [1.29, 1.82) is 0 Å². The van der Waals surface area contributed by atoms with Gasteiger partial charge in [0.15, 0.2) is 15.6 Å². The van der Waals surface area contributed by atoms with E-state index < -0.39 is 9.76 Å². The lowest BCUT2D eigenvalue weighted by atomic mass is 10.3. The van der Waals surface area contributed by atoms with Crippen molar-refractivity contribution in [2.45, 2.75) is 32.4 Å². The molecule has 0 aliphatic heterocycles. The molecule has 0 bridgehead atoms. The topological polar surface area (TPSA) is 65.4 Å². The van der Waals surface area contributed by atoms with Gasteiger partial charge in [-0.3, -0.25) is 0 Å². The molecular formula is C11H18N4OSi. The zero-order chi connectivity index (χ0) is 12.5. The van der Waals surface area contributed by atoms with Gasteiger partial charge in [-0.2, -0.15) is 5.10 Å². The Hall–Kier alpha value is -1.40. The fourth-order valence-electron chi connectivity index (χ4n) is 1.56. The maximum atomic E-state index is 5.79. The van der Waals surface area contributed by atoms with Crippen LogP contribution >= 0.6 is 0 Å². The molecule has 0 aliphatic carbocycles. The molecule has 0 fully saturated rings. The molecule has 0 spiro atoms. The smallest absolute Gasteiger partial charge is 0.167 e. The third kappa shape index (κ3) is 3.04. The van der Waals surface area contributed by atoms with Crippen LogP contribution < -0.4 is 5.73 Å². The predicted octanol–water partition coefficient (Wildman–Crippen LogP) is 1.13. The van der Waals surface area contributed by atoms with Crippen LogP contribution in [0.4, 0.5) is 5.82 Å². The maximum absolute atomic E-state index is 5.79. The Morgan fingerprint density at radius 3 is 2.88 bits per heavy atom. The van der Waals surface area contributed by atoms with Crippen molar-refractivity contribution >= 4 is 21.1 Å². The minimum absolute atomic E-state index is 0.317. The van der Waals surface area contributed by atoms with Gasteiger partial charge in [0.05, 0.1) is 6.61 Å². The van der Waals surface area contributed by atoms with Crippen LogP contribution in [0.3, 0.4) is 0 Å². The minimum Gasteiger partial charge on any atom is -0.419 e. The Labute approximate surface area is 103 Å². The monoisotopic (exact) mass is 250 g/mol. The number of nitrogen functional groups attached to an aromatic ring is 1. The van der Waals surface area contributed by atoms with E-state index in [4.69, 9.17) is 10.2 Å². The first-order valence-corrected chi connectivity index (χ1v) is 6.90. The summed E-state index contributed by atoms with van der Waals surface area (Å²) in [5.74, 6) is 0.499. The van der Waals surface area contributed by atoms with Gasteiger partial charge in [0.2, 0.25) is 0 Å². The lowest BCUT2D eigenvalue weighted by Crippen LogP contribution is -2.12. The van der Waals surface area contributed by atoms with E-state index in [0.29, 0.717) is 17.5 Å². The third-order valence-electron chi connectivity index (χ3n) is 2.30. The highest BCUT2D eigenvalue weighted by atomic mass is 28.2. The molecule has 2 N–H and O–H groups in total. The molecule has 6 heteroatoms. The van der Waals surface area contributed by atoms with Crippen LogP contribution in [0.2, 0.25) is 5.04 Å². The maximum Gasteiger partial charge on any atom is 0.167 e. The summed E-state index contributed by atoms with van der Waals surface area (Å²) in [7, 11) is -0.516. The van der Waals surface area contributed by atoms with Gasteiger partial charge in [0.1, 0.15) is 11.8 Å². The number of aromatic nitrogens is 3. The molecule has 2 rings (SSSR count). The fraction of sp³-hybridized carbons (Fsp3) is 0.455. The summed E-state index contributed by atoms with van der Waals surface area (Å²) < 4.78 is 7.53. The average molecular weight is 250 g/mol. The molecule has 2 aromatic heterocycles. The van der Waals surface area contributed by atoms with Crippen molar-refractivity contribution in [2.24, 2.45) is 0 Å². The van der Waals surface area contributed by atoms with E-state index in [2.05, 4.69) is 30.9 Å². The Morgan fingerprint density at radius 2 is 2.24 bits per heavy atom. The summed E-state index contributed by atoms with van der Waals surface area (Å²) in [5.41, 5.74) is 7.69. The molecule has 0 aromatic carbocycles. The lowest BCUT2D eigenvalue weighted by Gasteiger charge is -2.16. The molecule has 0 saturated heterocycles. The predicted molar refractivity (Wildman–Crippen MR) is 70.4 cm³/mol. The number of fused-ring (bicyclic) bond motifs is 1. The SMILES string of the molecule is CC(C)(C)[SiH2]OCc1cc2c(N)ncnn2c1. The molecular weight excluding hydrogens is 232 g/mol. The number of rotatable bonds is 3. The van der Waals surface area contributed by atoms with Gasteiger partial charge >= 0.3 is 0 Å². The van der Waals surface area contributed by atoms with Crippen molar-refractivity contribution in [3.05, 3.63) is 24.2 Å². The first-order valence-electron chi connectivity index (χ1n) is 5.61. The first-order chi connectivity index (χ1) is 7.96. The molecule has 2 aromatic rings. The standard InChI is InChI=1S/C11H18N4OSi/c1-11(2,3)17-16-6-8-4-9-10(12)13-7-14-15(9)5-8/h4-5,7H,6,17H2,1-3H3,(H2,12,13,14). The van der Waals surface area contributed by atoms with Crippen molar-refractivity contribution < 1.29 is 4.43 Å². The number of hydrogen-bond acceptors (Lipinski definition) is 4. The minimum atomic E-state index is -0.516. The van der Waals surface area contributed by atoms with E-state index in [0.717, 1.165) is 11.1 Å². The Kier molecular flexibility index (Phi) is 3.17. The summed E-state index contributed by atoms with van der Waals surface area (Å²) in [6.07, 6.45) is 3.39. The Bertz CT molecular complexity index is 518. The van der Waals surface area contributed by atoms with Gasteiger partial charge in [0, 0.05) is 6.20 Å². The second kappa shape index (κ2) is 4.46. The average Bonchev–Trinajstić information content (AvgIpc) is 2.60. The highest BCUT2D eigenvalue weighted by Crippen LogP contribution is 2.21. The lowest BCUT2D eigenvalue weighted by molar-refractivity contribution is 0.309. The quantitative estimate of drug-likeness (QED) is 0.829. The highest BCUT2D eigenvalue weighted by Gasteiger charge is 2.12. The van der Waals surface area contributed by atoms with Crippen LogP contribution in [-0.2, 0) is 11.0 Å². The van der Waals surface area contributed by atoms with E-state index in [9.17, 15) is 0 Å². The van der Waals surface area contributed by atoms with E-state index in [1.54, 1.807) is 4.52 Å². The fourth-order valence-corrected chi connectivity index (χ4v) is 2.51. The van der Waals surface area contributed by atoms with Crippen molar-refractivity contribution in [1.82, 2.24) is 14.6 Å². The number of nitrogens with two attached hydrogens (primary N) is 1. The van der Waals surface area contributed by atoms with E-state index in [-0.39, 0.29) is 0 Å². The summed E-state index contributed by atoms with van der Waals surface area (Å²) >= 11 is 0. The van der Waals surface area contributed by atoms with Crippen LogP contribution in [0.1, 0.15) is 26.3 Å². The molecule has 17 heavy (non-hydrogen) atoms. The largest absolute Gasteiger partial charge is 0.419 e. The molecule has 0 aliphatic rings. The van der Waals surface area contributed by atoms with Crippen molar-refractivity contribution in [2.75, 3.05) is 5.73 Å². The third-order valence-corrected chi connectivity index (χ3v) is 3.57. The number of anilines is 1. The van der Waals surface area contributed by atoms with Gasteiger partial charge in [0.25, 0.3) is 0 Å². The van der Waals surface area contributed by atoms with Crippen LogP contribution in [0, 0.1) is 0 Å². The van der Waals surface area contributed by atoms with Gasteiger partial charge in [-0.1, -0.05) is 20.8 Å². The van der Waals surface area contributed by atoms with Crippen molar-refractivity contribution in [3.8, 4) is 0 Å². The Balaban J connectivity index is 2.07. The van der Waals surface area contributed by atoms with Crippen LogP contribution in [-0.4, -0.2) is 24.4 Å². The Morgan fingerprint density at radius 1 is 1.47 bits per heavy atom. The van der Waals surface area contributed by atoms with Gasteiger partial charge < -0.3 is 10.2 Å². The molecule has 0 radical (unpaired) electrons. The molecule has 0 unspecified atom stereocenters. The summed E-state index contributed by atoms with van der Waals surface area (Å²) in [5, 5.41) is 4.42. The van der Waals surface area contributed by atoms with E-state index in [1.165, 1.54) is 6.33 Å². The summed E-state index contributed by atoms with van der Waals surface area (Å²) in [6, 6.07) is 1.98. The summed E-state index contributed by atoms with van der Waals surface area (Å²) in [6.45, 7) is 7.25. The van der Waals surface area contributed by atoms with Gasteiger partial charge in [-0.05, 0) is 16.7 Å². The highest BCUT2D eigenvalue weighted by molar-refractivity contribution is 6.31. The van der Waals surface area contributed by atoms with Gasteiger partial charge in [-0.15, -0.1) is 0 Å². The zero-order valence-electron chi connectivity index (χ0n) is 10.5. The van der Waals surface area contributed by atoms with E-state index in [1.807, 2.05) is 12.3 Å². The molecule has 2 heterocycles. The molecule has 92 valence electrons. The number of hydrogen-bond donors (Lipinski definition) is 1. The van der Waals surface area contributed by atoms with Crippen LogP contribution in [0.5, 0.6) is 0 Å². The molecule has 0 saturated carbocycles. The first kappa shape index (κ1) is 12.1. The normalized spacial score (nSPS) is 12.9. The zero-order valence-corrected chi connectivity index (χ0v) is 11.9. The van der Waals surface area contributed by atoms with Crippen molar-refractivity contribution in [3.63, 3.8) is 0 Å². The van der Waals surface area contributed by atoms with E-state index >= 15 is 0 Å². The van der Waals surface area contributed by atoms with Crippen LogP contribution in [0.15, 0.2) is 18.6 Å². The number of nitrogens with zero attached hydrogens (tertiary/aromatic N) is 3. The molecule has 0 amide bonds. The van der Waals surface area contributed by atoms with Gasteiger partial charge in [-0.25, -0.2) is 9.50 Å².